The van der Waals surface area contributed by atoms with Crippen LogP contribution < -0.4 is 0 Å². The SMILES string of the molecule is [N-]=[N+]=NCC(O)Cc1cccc(Br)c1. The largest absolute Gasteiger partial charge is 0.393 e. The van der Waals surface area contributed by atoms with Crippen molar-refractivity contribution in [2.45, 2.75) is 12.5 Å². The summed E-state index contributed by atoms with van der Waals surface area (Å²) in [6.07, 6.45) is -0.112. The van der Waals surface area contributed by atoms with Gasteiger partial charge in [-0.25, -0.2) is 0 Å². The first-order valence-corrected chi connectivity index (χ1v) is 4.95. The highest BCUT2D eigenvalue weighted by atomic mass is 79.9. The van der Waals surface area contributed by atoms with E-state index in [0.29, 0.717) is 6.42 Å². The van der Waals surface area contributed by atoms with Gasteiger partial charge in [-0.15, -0.1) is 0 Å². The molecule has 0 aliphatic rings. The molecule has 1 aromatic rings. The number of aliphatic hydroxyl groups excluding tert-OH is 1. The predicted octanol–water partition coefficient (Wildman–Crippen LogP) is 2.66. The third-order valence-electron chi connectivity index (χ3n) is 1.72. The number of halogens is 1. The molecule has 0 saturated carbocycles. The van der Waals surface area contributed by atoms with Gasteiger partial charge in [0.05, 0.1) is 12.6 Å². The zero-order valence-corrected chi connectivity index (χ0v) is 9.05. The van der Waals surface area contributed by atoms with Gasteiger partial charge in [-0.2, -0.15) is 0 Å². The molecule has 0 radical (unpaired) electrons. The summed E-state index contributed by atoms with van der Waals surface area (Å²) in [5.74, 6) is 0. The van der Waals surface area contributed by atoms with Crippen molar-refractivity contribution in [3.63, 3.8) is 0 Å². The molecule has 1 atom stereocenters. The Morgan fingerprint density at radius 1 is 1.57 bits per heavy atom. The second kappa shape index (κ2) is 5.65. The van der Waals surface area contributed by atoms with Crippen LogP contribution in [0.5, 0.6) is 0 Å². The first-order chi connectivity index (χ1) is 6.72. The fourth-order valence-corrected chi connectivity index (χ4v) is 1.58. The average Bonchev–Trinajstić information content (AvgIpc) is 2.15. The van der Waals surface area contributed by atoms with Crippen LogP contribution in [-0.2, 0) is 6.42 Å². The minimum Gasteiger partial charge on any atom is -0.393 e. The first-order valence-electron chi connectivity index (χ1n) is 4.15. The number of benzene rings is 1. The molecule has 1 N–H and O–H groups in total. The van der Waals surface area contributed by atoms with Gasteiger partial charge < -0.3 is 5.11 Å². The molecule has 0 aromatic heterocycles. The molecule has 1 unspecified atom stereocenters. The summed E-state index contributed by atoms with van der Waals surface area (Å²) in [6, 6.07) is 7.67. The van der Waals surface area contributed by atoms with Crippen LogP contribution in [0.25, 0.3) is 10.4 Å². The van der Waals surface area contributed by atoms with Crippen molar-refractivity contribution < 1.29 is 5.11 Å². The van der Waals surface area contributed by atoms with Crippen LogP contribution in [0.3, 0.4) is 0 Å². The van der Waals surface area contributed by atoms with E-state index in [1.165, 1.54) is 0 Å². The Kier molecular flexibility index (Phi) is 4.46. The fraction of sp³-hybridized carbons (Fsp3) is 0.333. The molecule has 0 aliphatic heterocycles. The molecule has 0 saturated heterocycles. The number of hydrogen-bond donors (Lipinski definition) is 1. The van der Waals surface area contributed by atoms with E-state index in [4.69, 9.17) is 5.53 Å². The maximum absolute atomic E-state index is 9.44. The number of azide groups is 1. The lowest BCUT2D eigenvalue weighted by Gasteiger charge is -2.07. The van der Waals surface area contributed by atoms with Crippen molar-refractivity contribution in [3.8, 4) is 0 Å². The van der Waals surface area contributed by atoms with Crippen LogP contribution in [0.15, 0.2) is 33.9 Å². The predicted molar refractivity (Wildman–Crippen MR) is 57.9 cm³/mol. The van der Waals surface area contributed by atoms with Gasteiger partial charge in [-0.3, -0.25) is 0 Å². The molecule has 5 heteroatoms. The van der Waals surface area contributed by atoms with Gasteiger partial charge >= 0.3 is 0 Å². The van der Waals surface area contributed by atoms with Crippen molar-refractivity contribution in [2.24, 2.45) is 5.11 Å². The average molecular weight is 256 g/mol. The minimum atomic E-state index is -0.611. The highest BCUT2D eigenvalue weighted by molar-refractivity contribution is 9.10. The van der Waals surface area contributed by atoms with Crippen LogP contribution in [0.2, 0.25) is 0 Å². The zero-order valence-electron chi connectivity index (χ0n) is 7.47. The molecule has 74 valence electrons. The number of nitrogens with zero attached hydrogens (tertiary/aromatic N) is 3. The number of rotatable bonds is 4. The van der Waals surface area contributed by atoms with E-state index in [1.54, 1.807) is 0 Å². The Bertz CT molecular complexity index is 350. The third-order valence-corrected chi connectivity index (χ3v) is 2.21. The van der Waals surface area contributed by atoms with E-state index in [1.807, 2.05) is 24.3 Å². The molecule has 14 heavy (non-hydrogen) atoms. The maximum Gasteiger partial charge on any atom is 0.0636 e. The molecule has 0 spiro atoms. The van der Waals surface area contributed by atoms with Crippen molar-refractivity contribution in [2.75, 3.05) is 6.54 Å². The van der Waals surface area contributed by atoms with Gasteiger partial charge in [0.15, 0.2) is 0 Å². The quantitative estimate of drug-likeness (QED) is 0.502. The molecule has 0 aliphatic carbocycles. The molecule has 0 fully saturated rings. The molecule has 0 amide bonds. The van der Waals surface area contributed by atoms with E-state index < -0.39 is 6.10 Å². The van der Waals surface area contributed by atoms with Gasteiger partial charge in [0.25, 0.3) is 0 Å². The number of aliphatic hydroxyl groups is 1. The smallest absolute Gasteiger partial charge is 0.0636 e. The Labute approximate surface area is 90.3 Å². The van der Waals surface area contributed by atoms with E-state index in [0.717, 1.165) is 10.0 Å². The summed E-state index contributed by atoms with van der Waals surface area (Å²) >= 11 is 3.34. The topological polar surface area (TPSA) is 69.0 Å². The summed E-state index contributed by atoms with van der Waals surface area (Å²) in [6.45, 7) is 0.114. The molecule has 1 rings (SSSR count). The Balaban J connectivity index is 2.55. The van der Waals surface area contributed by atoms with Crippen LogP contribution in [0, 0.1) is 0 Å². The monoisotopic (exact) mass is 255 g/mol. The first kappa shape index (κ1) is 11.0. The molecule has 4 nitrogen and oxygen atoms in total. The third kappa shape index (κ3) is 3.79. The lowest BCUT2D eigenvalue weighted by Crippen LogP contribution is -2.13. The summed E-state index contributed by atoms with van der Waals surface area (Å²) in [5, 5.41) is 12.8. The van der Waals surface area contributed by atoms with Gasteiger partial charge in [-0.1, -0.05) is 33.2 Å². The minimum absolute atomic E-state index is 0.114. The Morgan fingerprint density at radius 2 is 2.36 bits per heavy atom. The van der Waals surface area contributed by atoms with Crippen molar-refractivity contribution in [3.05, 3.63) is 44.7 Å². The Morgan fingerprint density at radius 3 is 3.00 bits per heavy atom. The number of hydrogen-bond acceptors (Lipinski definition) is 2. The normalized spacial score (nSPS) is 11.9. The summed E-state index contributed by atoms with van der Waals surface area (Å²) in [7, 11) is 0. The highest BCUT2D eigenvalue weighted by Crippen LogP contribution is 2.13. The highest BCUT2D eigenvalue weighted by Gasteiger charge is 2.03. The Hall–Kier alpha value is -1.03. The van der Waals surface area contributed by atoms with Crippen LogP contribution >= 0.6 is 15.9 Å². The lowest BCUT2D eigenvalue weighted by molar-refractivity contribution is 0.183. The van der Waals surface area contributed by atoms with Gasteiger partial charge in [0, 0.05) is 9.38 Å². The van der Waals surface area contributed by atoms with Crippen molar-refractivity contribution in [1.82, 2.24) is 0 Å². The summed E-state index contributed by atoms with van der Waals surface area (Å²) < 4.78 is 0.978. The van der Waals surface area contributed by atoms with Crippen LogP contribution in [0.4, 0.5) is 0 Å². The molecule has 0 heterocycles. The van der Waals surface area contributed by atoms with E-state index >= 15 is 0 Å². The van der Waals surface area contributed by atoms with Crippen molar-refractivity contribution in [1.29, 1.82) is 0 Å². The van der Waals surface area contributed by atoms with Gasteiger partial charge in [-0.05, 0) is 29.6 Å². The molecule has 1 aromatic carbocycles. The standard InChI is InChI=1S/C9H10BrN3O/c10-8-3-1-2-7(4-8)5-9(14)6-12-13-11/h1-4,9,14H,5-6H2. The molecular weight excluding hydrogens is 246 g/mol. The maximum atomic E-state index is 9.44. The second-order valence-electron chi connectivity index (χ2n) is 2.90. The molecule has 0 bridgehead atoms. The molecular formula is C9H10BrN3O. The zero-order chi connectivity index (χ0) is 10.4. The van der Waals surface area contributed by atoms with E-state index in [-0.39, 0.29) is 6.54 Å². The van der Waals surface area contributed by atoms with Crippen LogP contribution in [-0.4, -0.2) is 17.8 Å². The van der Waals surface area contributed by atoms with E-state index in [9.17, 15) is 5.11 Å². The fourth-order valence-electron chi connectivity index (χ4n) is 1.13. The van der Waals surface area contributed by atoms with Crippen LogP contribution in [0.1, 0.15) is 5.56 Å². The van der Waals surface area contributed by atoms with Gasteiger partial charge in [0.1, 0.15) is 0 Å². The lowest BCUT2D eigenvalue weighted by atomic mass is 10.1. The van der Waals surface area contributed by atoms with Crippen molar-refractivity contribution >= 4 is 15.9 Å². The summed E-state index contributed by atoms with van der Waals surface area (Å²) in [5.41, 5.74) is 9.08. The summed E-state index contributed by atoms with van der Waals surface area (Å²) in [4.78, 5) is 2.59. The van der Waals surface area contributed by atoms with Gasteiger partial charge in [0.2, 0.25) is 0 Å². The van der Waals surface area contributed by atoms with E-state index in [2.05, 4.69) is 26.0 Å². The second-order valence-corrected chi connectivity index (χ2v) is 3.82.